The molecule has 3 rings (SSSR count). The second kappa shape index (κ2) is 3.92. The van der Waals surface area contributed by atoms with Gasteiger partial charge in [-0.3, -0.25) is 10.00 Å². The first kappa shape index (κ1) is 10.4. The molecule has 3 heterocycles. The summed E-state index contributed by atoms with van der Waals surface area (Å²) < 4.78 is 0. The van der Waals surface area contributed by atoms with Crippen LogP contribution >= 0.6 is 0 Å². The first-order valence-corrected chi connectivity index (χ1v) is 5.81. The number of hydrogen-bond acceptors (Lipinski definition) is 4. The van der Waals surface area contributed by atoms with Crippen LogP contribution in [0.2, 0.25) is 0 Å². The van der Waals surface area contributed by atoms with Gasteiger partial charge in [0.25, 0.3) is 0 Å². The summed E-state index contributed by atoms with van der Waals surface area (Å²) in [5.41, 5.74) is 4.36. The third-order valence-electron chi connectivity index (χ3n) is 3.51. The van der Waals surface area contributed by atoms with Crippen molar-refractivity contribution in [1.29, 1.82) is 0 Å². The van der Waals surface area contributed by atoms with Crippen molar-refractivity contribution in [2.45, 2.75) is 19.4 Å². The van der Waals surface area contributed by atoms with E-state index in [4.69, 9.17) is 0 Å². The minimum Gasteiger partial charge on any atom is -0.298 e. The standard InChI is InChI=1S/C12H15N5/c1-8-11-9(4-6-17(8)2)12(14-7-13-11)10-3-5-15-16-10/h3,5,7-8H,4,6H2,1-2H3,(H,15,16). The zero-order valence-corrected chi connectivity index (χ0v) is 10.0. The number of nitrogens with one attached hydrogen (secondary N) is 1. The van der Waals surface area contributed by atoms with Crippen LogP contribution in [0.3, 0.4) is 0 Å². The van der Waals surface area contributed by atoms with Crippen LogP contribution in [0, 0.1) is 0 Å². The lowest BCUT2D eigenvalue weighted by molar-refractivity contribution is 0.242. The summed E-state index contributed by atoms with van der Waals surface area (Å²) in [6, 6.07) is 2.30. The van der Waals surface area contributed by atoms with Crippen molar-refractivity contribution in [2.75, 3.05) is 13.6 Å². The molecule has 0 bridgehead atoms. The Morgan fingerprint density at radius 2 is 2.29 bits per heavy atom. The van der Waals surface area contributed by atoms with Crippen LogP contribution in [0.15, 0.2) is 18.6 Å². The highest BCUT2D eigenvalue weighted by Gasteiger charge is 2.25. The van der Waals surface area contributed by atoms with Crippen LogP contribution in [-0.2, 0) is 6.42 Å². The monoisotopic (exact) mass is 229 g/mol. The molecular weight excluding hydrogens is 214 g/mol. The molecule has 0 radical (unpaired) electrons. The van der Waals surface area contributed by atoms with E-state index >= 15 is 0 Å². The fourth-order valence-corrected chi connectivity index (χ4v) is 2.34. The average Bonchev–Trinajstić information content (AvgIpc) is 2.87. The Hall–Kier alpha value is -1.75. The average molecular weight is 229 g/mol. The molecule has 0 aromatic carbocycles. The maximum Gasteiger partial charge on any atom is 0.116 e. The van der Waals surface area contributed by atoms with Gasteiger partial charge in [-0.1, -0.05) is 0 Å². The Balaban J connectivity index is 2.14. The summed E-state index contributed by atoms with van der Waals surface area (Å²) in [6.45, 7) is 3.23. The lowest BCUT2D eigenvalue weighted by atomic mass is 9.97. The third kappa shape index (κ3) is 1.63. The Morgan fingerprint density at radius 3 is 3.06 bits per heavy atom. The molecule has 1 atom stereocenters. The Bertz CT molecular complexity index is 520. The number of nitrogens with zero attached hydrogens (tertiary/aromatic N) is 4. The van der Waals surface area contributed by atoms with Crippen LogP contribution in [0.5, 0.6) is 0 Å². The van der Waals surface area contributed by atoms with Crippen molar-refractivity contribution in [2.24, 2.45) is 0 Å². The molecule has 1 N–H and O–H groups in total. The molecule has 0 amide bonds. The summed E-state index contributed by atoms with van der Waals surface area (Å²) in [6.07, 6.45) is 4.39. The fraction of sp³-hybridized carbons (Fsp3) is 0.417. The number of H-pyrrole nitrogens is 1. The minimum atomic E-state index is 0.350. The van der Waals surface area contributed by atoms with Gasteiger partial charge in [-0.05, 0) is 26.5 Å². The van der Waals surface area contributed by atoms with Crippen molar-refractivity contribution < 1.29 is 0 Å². The number of rotatable bonds is 1. The molecule has 88 valence electrons. The van der Waals surface area contributed by atoms with Gasteiger partial charge in [-0.25, -0.2) is 9.97 Å². The molecule has 0 fully saturated rings. The van der Waals surface area contributed by atoms with Crippen LogP contribution in [0.1, 0.15) is 24.2 Å². The van der Waals surface area contributed by atoms with Gasteiger partial charge in [-0.15, -0.1) is 0 Å². The van der Waals surface area contributed by atoms with Gasteiger partial charge in [0, 0.05) is 24.3 Å². The van der Waals surface area contributed by atoms with Crippen molar-refractivity contribution in [3.05, 3.63) is 29.8 Å². The normalized spacial score (nSPS) is 20.2. The van der Waals surface area contributed by atoms with Crippen LogP contribution in [0.25, 0.3) is 11.4 Å². The van der Waals surface area contributed by atoms with Crippen LogP contribution in [-0.4, -0.2) is 38.7 Å². The Labute approximate surface area is 99.9 Å². The van der Waals surface area contributed by atoms with Gasteiger partial charge < -0.3 is 0 Å². The Morgan fingerprint density at radius 1 is 1.41 bits per heavy atom. The predicted octanol–water partition coefficient (Wildman–Crippen LogP) is 1.42. The molecule has 1 unspecified atom stereocenters. The maximum atomic E-state index is 4.43. The first-order chi connectivity index (χ1) is 8.27. The molecule has 17 heavy (non-hydrogen) atoms. The summed E-state index contributed by atoms with van der Waals surface area (Å²) in [5.74, 6) is 0. The summed E-state index contributed by atoms with van der Waals surface area (Å²) in [4.78, 5) is 11.1. The molecule has 0 aliphatic carbocycles. The van der Waals surface area contributed by atoms with Crippen LogP contribution < -0.4 is 0 Å². The van der Waals surface area contributed by atoms with E-state index in [1.165, 1.54) is 5.56 Å². The Kier molecular flexibility index (Phi) is 2.40. The molecule has 1 aliphatic rings. The SMILES string of the molecule is CC1c2ncnc(-c3ccn[nH]3)c2CCN1C. The summed E-state index contributed by atoms with van der Waals surface area (Å²) >= 11 is 0. The van der Waals surface area contributed by atoms with E-state index in [1.807, 2.05) is 6.07 Å². The highest BCUT2D eigenvalue weighted by molar-refractivity contribution is 5.59. The van der Waals surface area contributed by atoms with E-state index in [0.29, 0.717) is 6.04 Å². The van der Waals surface area contributed by atoms with E-state index in [0.717, 1.165) is 30.0 Å². The van der Waals surface area contributed by atoms with E-state index in [-0.39, 0.29) is 0 Å². The van der Waals surface area contributed by atoms with Crippen LogP contribution in [0.4, 0.5) is 0 Å². The lowest BCUT2D eigenvalue weighted by Gasteiger charge is -2.31. The van der Waals surface area contributed by atoms with Gasteiger partial charge in [-0.2, -0.15) is 5.10 Å². The predicted molar refractivity (Wildman–Crippen MR) is 64.4 cm³/mol. The lowest BCUT2D eigenvalue weighted by Crippen LogP contribution is -2.31. The first-order valence-electron chi connectivity index (χ1n) is 5.81. The van der Waals surface area contributed by atoms with Gasteiger partial charge in [0.15, 0.2) is 0 Å². The second-order valence-corrected chi connectivity index (χ2v) is 4.46. The molecule has 2 aromatic heterocycles. The molecule has 0 spiro atoms. The number of hydrogen-bond donors (Lipinski definition) is 1. The smallest absolute Gasteiger partial charge is 0.116 e. The van der Waals surface area contributed by atoms with Gasteiger partial charge in [0.2, 0.25) is 0 Å². The van der Waals surface area contributed by atoms with Crippen molar-refractivity contribution in [3.63, 3.8) is 0 Å². The van der Waals surface area contributed by atoms with E-state index in [9.17, 15) is 0 Å². The molecule has 5 heteroatoms. The van der Waals surface area contributed by atoms with Crippen molar-refractivity contribution >= 4 is 0 Å². The quantitative estimate of drug-likeness (QED) is 0.803. The van der Waals surface area contributed by atoms with E-state index in [2.05, 4.69) is 39.0 Å². The van der Waals surface area contributed by atoms with Crippen molar-refractivity contribution in [1.82, 2.24) is 25.1 Å². The number of aromatic nitrogens is 4. The number of fused-ring (bicyclic) bond motifs is 1. The number of likely N-dealkylation sites (N-methyl/N-ethyl adjacent to an activating group) is 1. The van der Waals surface area contributed by atoms with Gasteiger partial charge in [0.05, 0.1) is 17.1 Å². The molecule has 0 saturated heterocycles. The van der Waals surface area contributed by atoms with Gasteiger partial charge >= 0.3 is 0 Å². The number of aromatic amines is 1. The topological polar surface area (TPSA) is 57.7 Å². The molecule has 1 aliphatic heterocycles. The molecule has 5 nitrogen and oxygen atoms in total. The summed E-state index contributed by atoms with van der Waals surface area (Å²) in [7, 11) is 2.13. The maximum absolute atomic E-state index is 4.43. The highest BCUT2D eigenvalue weighted by atomic mass is 15.1. The molecule has 2 aromatic rings. The zero-order chi connectivity index (χ0) is 11.8. The second-order valence-electron chi connectivity index (χ2n) is 4.46. The summed E-state index contributed by atoms with van der Waals surface area (Å²) in [5, 5.41) is 6.96. The third-order valence-corrected chi connectivity index (χ3v) is 3.51. The van der Waals surface area contributed by atoms with E-state index < -0.39 is 0 Å². The molecular formula is C12H15N5. The largest absolute Gasteiger partial charge is 0.298 e. The molecule has 0 saturated carbocycles. The van der Waals surface area contributed by atoms with Gasteiger partial charge in [0.1, 0.15) is 6.33 Å². The van der Waals surface area contributed by atoms with E-state index in [1.54, 1.807) is 12.5 Å². The highest BCUT2D eigenvalue weighted by Crippen LogP contribution is 2.31. The van der Waals surface area contributed by atoms with Crippen molar-refractivity contribution in [3.8, 4) is 11.4 Å². The fourth-order valence-electron chi connectivity index (χ4n) is 2.34. The minimum absolute atomic E-state index is 0.350. The zero-order valence-electron chi connectivity index (χ0n) is 10.0.